The van der Waals surface area contributed by atoms with Crippen molar-refractivity contribution in [2.45, 2.75) is 0 Å². The van der Waals surface area contributed by atoms with Crippen LogP contribution in [0.2, 0.25) is 0 Å². The van der Waals surface area contributed by atoms with Crippen LogP contribution in [0.5, 0.6) is 0 Å². The molecule has 0 aromatic rings. The fourth-order valence-electron chi connectivity index (χ4n) is 1.07. The van der Waals surface area contributed by atoms with E-state index in [1.54, 1.807) is 0 Å². The molecule has 3 N–H and O–H groups in total. The summed E-state index contributed by atoms with van der Waals surface area (Å²) in [5, 5.41) is 7.04. The van der Waals surface area contributed by atoms with E-state index in [9.17, 15) is 4.21 Å². The van der Waals surface area contributed by atoms with Crippen LogP contribution in [0.1, 0.15) is 0 Å². The Morgan fingerprint density at radius 2 is 2.09 bits per heavy atom. The largest absolute Gasteiger partial charge is 0.387 e. The molecule has 1 saturated heterocycles. The molecule has 0 saturated carbocycles. The van der Waals surface area contributed by atoms with Crippen molar-refractivity contribution >= 4 is 16.6 Å². The number of nitrogens with two attached hydrogens (primary N) is 1. The van der Waals surface area contributed by atoms with Gasteiger partial charge in [0.1, 0.15) is 5.84 Å². The van der Waals surface area contributed by atoms with Gasteiger partial charge in [-0.1, -0.05) is 0 Å². The maximum absolute atomic E-state index is 10.9. The van der Waals surface area contributed by atoms with Gasteiger partial charge in [-0.05, 0) is 0 Å². The molecule has 0 radical (unpaired) electrons. The van der Waals surface area contributed by atoms with Crippen LogP contribution in [0.3, 0.4) is 0 Å². The van der Waals surface area contributed by atoms with Gasteiger partial charge in [-0.2, -0.15) is 0 Å². The lowest BCUT2D eigenvalue weighted by atomic mass is 10.4. The fourth-order valence-corrected chi connectivity index (χ4v) is 2.20. The Morgan fingerprint density at radius 1 is 1.55 bits per heavy atom. The first-order valence-corrected chi connectivity index (χ1v) is 5.07. The third-order valence-electron chi connectivity index (χ3n) is 1.66. The van der Waals surface area contributed by atoms with Gasteiger partial charge in [-0.3, -0.25) is 14.5 Å². The van der Waals surface area contributed by atoms with Crippen LogP contribution >= 0.6 is 0 Å². The number of hydrogen-bond donors (Lipinski definition) is 2. The van der Waals surface area contributed by atoms with Gasteiger partial charge in [0.15, 0.2) is 0 Å². The van der Waals surface area contributed by atoms with E-state index in [4.69, 9.17) is 11.1 Å². The van der Waals surface area contributed by atoms with Crippen LogP contribution in [0, 0.1) is 5.41 Å². The quantitative estimate of drug-likeness (QED) is 0.417. The molecule has 1 heterocycles. The van der Waals surface area contributed by atoms with Crippen LogP contribution in [-0.4, -0.2) is 46.1 Å². The van der Waals surface area contributed by atoms with Crippen molar-refractivity contribution in [3.8, 4) is 0 Å². The molecule has 1 fully saturated rings. The second-order valence-electron chi connectivity index (χ2n) is 2.65. The standard InChI is InChI=1S/C6H13N3OS/c7-6(8)5-9-1-3-11(10)4-2-9/h1-5H2,(H3,7,8). The molecule has 0 spiro atoms. The topological polar surface area (TPSA) is 70.2 Å². The fraction of sp³-hybridized carbons (Fsp3) is 0.833. The van der Waals surface area contributed by atoms with Crippen molar-refractivity contribution < 1.29 is 4.21 Å². The SMILES string of the molecule is N=C(N)CN1CCS(=O)CC1. The lowest BCUT2D eigenvalue weighted by molar-refractivity contribution is 0.340. The lowest BCUT2D eigenvalue weighted by Crippen LogP contribution is -2.42. The van der Waals surface area contributed by atoms with E-state index < -0.39 is 10.8 Å². The van der Waals surface area contributed by atoms with Gasteiger partial charge in [-0.25, -0.2) is 0 Å². The molecule has 0 aliphatic carbocycles. The van der Waals surface area contributed by atoms with Gasteiger partial charge in [-0.15, -0.1) is 0 Å². The molecule has 0 atom stereocenters. The van der Waals surface area contributed by atoms with E-state index in [2.05, 4.69) is 4.90 Å². The van der Waals surface area contributed by atoms with Gasteiger partial charge in [0.2, 0.25) is 0 Å². The van der Waals surface area contributed by atoms with Crippen molar-refractivity contribution in [1.29, 1.82) is 5.41 Å². The molecule has 1 aliphatic rings. The zero-order valence-corrected chi connectivity index (χ0v) is 7.19. The lowest BCUT2D eigenvalue weighted by Gasteiger charge is -2.24. The molecule has 0 amide bonds. The molecule has 4 nitrogen and oxygen atoms in total. The Hall–Kier alpha value is -0.420. The van der Waals surface area contributed by atoms with Crippen molar-refractivity contribution in [2.75, 3.05) is 31.1 Å². The molecule has 0 bridgehead atoms. The number of amidine groups is 1. The predicted octanol–water partition coefficient (Wildman–Crippen LogP) is -1.01. The van der Waals surface area contributed by atoms with Crippen LogP contribution in [0.4, 0.5) is 0 Å². The molecule has 0 unspecified atom stereocenters. The normalized spacial score (nSPS) is 21.8. The van der Waals surface area contributed by atoms with Crippen LogP contribution in [0.15, 0.2) is 0 Å². The summed E-state index contributed by atoms with van der Waals surface area (Å²) in [5.41, 5.74) is 5.22. The summed E-state index contributed by atoms with van der Waals surface area (Å²) in [7, 11) is -0.629. The molecule has 5 heteroatoms. The molecule has 64 valence electrons. The molecular weight excluding hydrogens is 162 g/mol. The monoisotopic (exact) mass is 175 g/mol. The van der Waals surface area contributed by atoms with Crippen LogP contribution in [-0.2, 0) is 10.8 Å². The zero-order valence-electron chi connectivity index (χ0n) is 6.38. The first-order valence-electron chi connectivity index (χ1n) is 3.58. The number of nitrogens with one attached hydrogen (secondary N) is 1. The Morgan fingerprint density at radius 3 is 2.55 bits per heavy atom. The number of hydrogen-bond acceptors (Lipinski definition) is 3. The second kappa shape index (κ2) is 3.82. The number of nitrogens with zero attached hydrogens (tertiary/aromatic N) is 1. The summed E-state index contributed by atoms with van der Waals surface area (Å²) < 4.78 is 10.9. The van der Waals surface area contributed by atoms with E-state index in [1.807, 2.05) is 0 Å². The highest BCUT2D eigenvalue weighted by Gasteiger charge is 2.14. The highest BCUT2D eigenvalue weighted by Crippen LogP contribution is 1.98. The summed E-state index contributed by atoms with van der Waals surface area (Å²) in [6.45, 7) is 2.15. The smallest absolute Gasteiger partial charge is 0.105 e. The third kappa shape index (κ3) is 2.98. The molecule has 1 rings (SSSR count). The van der Waals surface area contributed by atoms with Crippen molar-refractivity contribution in [3.63, 3.8) is 0 Å². The number of rotatable bonds is 2. The average molecular weight is 175 g/mol. The Bertz CT molecular complexity index is 173. The van der Waals surface area contributed by atoms with Gasteiger partial charge >= 0.3 is 0 Å². The molecular formula is C6H13N3OS. The minimum absolute atomic E-state index is 0.192. The van der Waals surface area contributed by atoms with Gasteiger partial charge < -0.3 is 5.73 Å². The molecule has 0 aromatic carbocycles. The Labute approximate surface area is 68.7 Å². The highest BCUT2D eigenvalue weighted by atomic mass is 32.2. The van der Waals surface area contributed by atoms with Gasteiger partial charge in [0.25, 0.3) is 0 Å². The van der Waals surface area contributed by atoms with E-state index in [1.165, 1.54) is 0 Å². The van der Waals surface area contributed by atoms with Crippen molar-refractivity contribution in [2.24, 2.45) is 5.73 Å². The Kier molecular flexibility index (Phi) is 3.02. The zero-order chi connectivity index (χ0) is 8.27. The minimum Gasteiger partial charge on any atom is -0.387 e. The van der Waals surface area contributed by atoms with E-state index in [0.29, 0.717) is 6.54 Å². The third-order valence-corrected chi connectivity index (χ3v) is 2.94. The first kappa shape index (κ1) is 8.67. The van der Waals surface area contributed by atoms with Crippen LogP contribution < -0.4 is 5.73 Å². The second-order valence-corrected chi connectivity index (χ2v) is 4.35. The highest BCUT2D eigenvalue weighted by molar-refractivity contribution is 7.85. The van der Waals surface area contributed by atoms with Gasteiger partial charge in [0, 0.05) is 35.4 Å². The van der Waals surface area contributed by atoms with E-state index in [-0.39, 0.29) is 5.84 Å². The summed E-state index contributed by atoms with van der Waals surface area (Å²) >= 11 is 0. The maximum atomic E-state index is 10.9. The summed E-state index contributed by atoms with van der Waals surface area (Å²) in [5.74, 6) is 1.65. The minimum atomic E-state index is -0.629. The molecule has 0 aromatic heterocycles. The van der Waals surface area contributed by atoms with E-state index in [0.717, 1.165) is 24.6 Å². The molecule has 11 heavy (non-hydrogen) atoms. The summed E-state index contributed by atoms with van der Waals surface area (Å²) in [4.78, 5) is 2.06. The van der Waals surface area contributed by atoms with Crippen LogP contribution in [0.25, 0.3) is 0 Å². The maximum Gasteiger partial charge on any atom is 0.105 e. The average Bonchev–Trinajstić information content (AvgIpc) is 1.93. The Balaban J connectivity index is 2.28. The predicted molar refractivity (Wildman–Crippen MR) is 46.2 cm³/mol. The van der Waals surface area contributed by atoms with Crippen molar-refractivity contribution in [3.05, 3.63) is 0 Å². The van der Waals surface area contributed by atoms with E-state index >= 15 is 0 Å². The summed E-state index contributed by atoms with van der Waals surface area (Å²) in [6.07, 6.45) is 0. The molecule has 1 aliphatic heterocycles. The van der Waals surface area contributed by atoms with Crippen molar-refractivity contribution in [1.82, 2.24) is 4.90 Å². The van der Waals surface area contributed by atoms with Gasteiger partial charge in [0.05, 0.1) is 6.54 Å². The summed E-state index contributed by atoms with van der Waals surface area (Å²) in [6, 6.07) is 0. The first-order chi connectivity index (χ1) is 5.18.